The molecule has 0 spiro atoms. The van der Waals surface area contributed by atoms with E-state index in [1.165, 1.54) is 5.56 Å². The number of esters is 1. The van der Waals surface area contributed by atoms with E-state index in [0.29, 0.717) is 0 Å². The van der Waals surface area contributed by atoms with Gasteiger partial charge < -0.3 is 10.5 Å². The Balaban J connectivity index is 2.57. The second kappa shape index (κ2) is 5.32. The summed E-state index contributed by atoms with van der Waals surface area (Å²) >= 11 is 0. The first kappa shape index (κ1) is 13.7. The fourth-order valence-corrected chi connectivity index (χ4v) is 1.49. The topological polar surface area (TPSA) is 52.3 Å². The van der Waals surface area contributed by atoms with Crippen molar-refractivity contribution in [2.24, 2.45) is 5.73 Å². The summed E-state index contributed by atoms with van der Waals surface area (Å²) in [5, 5.41) is 0. The van der Waals surface area contributed by atoms with Crippen molar-refractivity contribution < 1.29 is 9.53 Å². The van der Waals surface area contributed by atoms with Gasteiger partial charge >= 0.3 is 5.97 Å². The summed E-state index contributed by atoms with van der Waals surface area (Å²) in [4.78, 5) is 11.6. The molecule has 0 fully saturated rings. The van der Waals surface area contributed by atoms with E-state index in [4.69, 9.17) is 10.5 Å². The summed E-state index contributed by atoms with van der Waals surface area (Å²) in [6, 6.07) is 7.58. The summed E-state index contributed by atoms with van der Waals surface area (Å²) in [6.45, 7) is 7.57. The van der Waals surface area contributed by atoms with E-state index in [2.05, 4.69) is 0 Å². The van der Waals surface area contributed by atoms with Gasteiger partial charge in [-0.05, 0) is 33.3 Å². The molecule has 0 heterocycles. The molecule has 0 radical (unpaired) electrons. The average molecular weight is 235 g/mol. The maximum atomic E-state index is 11.6. The number of carbonyl (C=O) groups is 1. The molecule has 0 saturated carbocycles. The summed E-state index contributed by atoms with van der Waals surface area (Å²) in [5.41, 5.74) is 7.65. The monoisotopic (exact) mass is 235 g/mol. The highest BCUT2D eigenvalue weighted by Gasteiger charge is 2.19. The van der Waals surface area contributed by atoms with Crippen LogP contribution in [0.15, 0.2) is 24.3 Å². The maximum Gasteiger partial charge on any atom is 0.308 e. The van der Waals surface area contributed by atoms with Gasteiger partial charge in [-0.15, -0.1) is 0 Å². The third-order valence-corrected chi connectivity index (χ3v) is 2.31. The van der Waals surface area contributed by atoms with Crippen molar-refractivity contribution >= 4 is 5.97 Å². The van der Waals surface area contributed by atoms with Crippen molar-refractivity contribution in [2.45, 2.75) is 45.8 Å². The Bertz CT molecular complexity index is 376. The van der Waals surface area contributed by atoms with Crippen LogP contribution in [-0.4, -0.2) is 11.6 Å². The van der Waals surface area contributed by atoms with Crippen molar-refractivity contribution in [3.63, 3.8) is 0 Å². The zero-order valence-electron chi connectivity index (χ0n) is 11.0. The van der Waals surface area contributed by atoms with E-state index >= 15 is 0 Å². The molecule has 17 heavy (non-hydrogen) atoms. The van der Waals surface area contributed by atoms with Crippen LogP contribution in [0.25, 0.3) is 0 Å². The number of carbonyl (C=O) groups excluding carboxylic acids is 1. The van der Waals surface area contributed by atoms with Gasteiger partial charge in [-0.3, -0.25) is 4.79 Å². The van der Waals surface area contributed by atoms with Crippen molar-refractivity contribution in [3.8, 4) is 0 Å². The molecule has 0 bridgehead atoms. The molecule has 1 atom stereocenters. The number of hydrogen-bond donors (Lipinski definition) is 1. The van der Waals surface area contributed by atoms with Crippen molar-refractivity contribution in [2.75, 3.05) is 0 Å². The molecule has 0 aliphatic heterocycles. The standard InChI is InChI=1S/C14H21NO2/c1-10-5-7-11(8-6-10)12(15)9-13(16)17-14(2,3)4/h5-8,12H,9,15H2,1-4H3. The van der Waals surface area contributed by atoms with Gasteiger partial charge in [0.15, 0.2) is 0 Å². The predicted octanol–water partition coefficient (Wildman–Crippen LogP) is 2.73. The van der Waals surface area contributed by atoms with Crippen LogP contribution in [0.4, 0.5) is 0 Å². The van der Waals surface area contributed by atoms with Crippen LogP contribution < -0.4 is 5.73 Å². The van der Waals surface area contributed by atoms with Gasteiger partial charge in [-0.25, -0.2) is 0 Å². The number of aryl methyl sites for hydroxylation is 1. The van der Waals surface area contributed by atoms with Crippen LogP contribution in [0, 0.1) is 6.92 Å². The van der Waals surface area contributed by atoms with Crippen molar-refractivity contribution in [1.82, 2.24) is 0 Å². The summed E-state index contributed by atoms with van der Waals surface area (Å²) < 4.78 is 5.23. The molecule has 1 unspecified atom stereocenters. The van der Waals surface area contributed by atoms with Crippen molar-refractivity contribution in [3.05, 3.63) is 35.4 Å². The van der Waals surface area contributed by atoms with Crippen LogP contribution in [0.3, 0.4) is 0 Å². The van der Waals surface area contributed by atoms with Gasteiger partial charge in [0.05, 0.1) is 6.42 Å². The lowest BCUT2D eigenvalue weighted by atomic mass is 10.0. The zero-order chi connectivity index (χ0) is 13.1. The molecule has 1 aromatic rings. The SMILES string of the molecule is Cc1ccc(C(N)CC(=O)OC(C)(C)C)cc1. The summed E-state index contributed by atoms with van der Waals surface area (Å²) in [6.07, 6.45) is 0.209. The van der Waals surface area contributed by atoms with Gasteiger partial charge in [0, 0.05) is 6.04 Å². The summed E-state index contributed by atoms with van der Waals surface area (Å²) in [7, 11) is 0. The molecule has 0 saturated heterocycles. The van der Waals surface area contributed by atoms with Crippen LogP contribution in [-0.2, 0) is 9.53 Å². The highest BCUT2D eigenvalue weighted by molar-refractivity contribution is 5.70. The first-order chi connectivity index (χ1) is 7.78. The van der Waals surface area contributed by atoms with Crippen LogP contribution >= 0.6 is 0 Å². The molecule has 3 heteroatoms. The quantitative estimate of drug-likeness (QED) is 0.819. The number of benzene rings is 1. The number of rotatable bonds is 3. The lowest BCUT2D eigenvalue weighted by molar-refractivity contribution is -0.155. The molecule has 0 aromatic heterocycles. The summed E-state index contributed by atoms with van der Waals surface area (Å²) in [5.74, 6) is -0.259. The highest BCUT2D eigenvalue weighted by Crippen LogP contribution is 2.17. The lowest BCUT2D eigenvalue weighted by Gasteiger charge is -2.21. The number of hydrogen-bond acceptors (Lipinski definition) is 3. The molecule has 0 aliphatic rings. The Morgan fingerprint density at radius 1 is 1.29 bits per heavy atom. The molecule has 3 nitrogen and oxygen atoms in total. The molecular formula is C14H21NO2. The average Bonchev–Trinajstić information content (AvgIpc) is 2.15. The molecule has 94 valence electrons. The fourth-order valence-electron chi connectivity index (χ4n) is 1.49. The fraction of sp³-hybridized carbons (Fsp3) is 0.500. The number of ether oxygens (including phenoxy) is 1. The van der Waals surface area contributed by atoms with E-state index in [0.717, 1.165) is 5.56 Å². The van der Waals surface area contributed by atoms with Crippen LogP contribution in [0.1, 0.15) is 44.4 Å². The third-order valence-electron chi connectivity index (χ3n) is 2.31. The molecular weight excluding hydrogens is 214 g/mol. The highest BCUT2D eigenvalue weighted by atomic mass is 16.6. The van der Waals surface area contributed by atoms with E-state index in [9.17, 15) is 4.79 Å². The van der Waals surface area contributed by atoms with Gasteiger partial charge in [0.25, 0.3) is 0 Å². The van der Waals surface area contributed by atoms with Crippen LogP contribution in [0.5, 0.6) is 0 Å². The minimum atomic E-state index is -0.454. The first-order valence-electron chi connectivity index (χ1n) is 5.82. The van der Waals surface area contributed by atoms with Crippen LogP contribution in [0.2, 0.25) is 0 Å². The first-order valence-corrected chi connectivity index (χ1v) is 5.82. The van der Waals surface area contributed by atoms with Gasteiger partial charge in [-0.1, -0.05) is 29.8 Å². The van der Waals surface area contributed by atoms with E-state index in [1.807, 2.05) is 52.0 Å². The predicted molar refractivity (Wildman–Crippen MR) is 68.6 cm³/mol. The van der Waals surface area contributed by atoms with Gasteiger partial charge in [0.2, 0.25) is 0 Å². The number of nitrogens with two attached hydrogens (primary N) is 1. The van der Waals surface area contributed by atoms with E-state index in [-0.39, 0.29) is 18.4 Å². The molecule has 0 aliphatic carbocycles. The minimum absolute atomic E-state index is 0.209. The van der Waals surface area contributed by atoms with Crippen molar-refractivity contribution in [1.29, 1.82) is 0 Å². The van der Waals surface area contributed by atoms with E-state index in [1.54, 1.807) is 0 Å². The van der Waals surface area contributed by atoms with E-state index < -0.39 is 5.60 Å². The third kappa shape index (κ3) is 5.00. The smallest absolute Gasteiger partial charge is 0.308 e. The lowest BCUT2D eigenvalue weighted by Crippen LogP contribution is -2.26. The Morgan fingerprint density at radius 2 is 1.82 bits per heavy atom. The Hall–Kier alpha value is -1.35. The van der Waals surface area contributed by atoms with Gasteiger partial charge in [-0.2, -0.15) is 0 Å². The Kier molecular flexibility index (Phi) is 4.29. The van der Waals surface area contributed by atoms with Gasteiger partial charge in [0.1, 0.15) is 5.60 Å². The molecule has 1 aromatic carbocycles. The molecule has 0 amide bonds. The molecule has 1 rings (SSSR count). The second-order valence-corrected chi connectivity index (χ2v) is 5.31. The second-order valence-electron chi connectivity index (χ2n) is 5.31. The zero-order valence-corrected chi connectivity index (χ0v) is 11.0. The Morgan fingerprint density at radius 3 is 2.29 bits per heavy atom. The molecule has 2 N–H and O–H groups in total. The largest absolute Gasteiger partial charge is 0.460 e. The Labute approximate surface area is 103 Å². The minimum Gasteiger partial charge on any atom is -0.460 e. The normalized spacial score (nSPS) is 13.2. The maximum absolute atomic E-state index is 11.6.